The van der Waals surface area contributed by atoms with Crippen molar-refractivity contribution in [3.05, 3.63) is 29.3 Å². The Hall–Kier alpha value is -1.06. The molecule has 1 saturated heterocycles. The summed E-state index contributed by atoms with van der Waals surface area (Å²) < 4.78 is 5.71. The molecule has 19 heavy (non-hydrogen) atoms. The van der Waals surface area contributed by atoms with E-state index >= 15 is 0 Å². The molecular weight excluding hydrogens is 236 g/mol. The molecule has 3 nitrogen and oxygen atoms in total. The van der Waals surface area contributed by atoms with Crippen LogP contribution in [0.3, 0.4) is 0 Å². The van der Waals surface area contributed by atoms with Gasteiger partial charge in [0.2, 0.25) is 0 Å². The number of piperidine rings is 1. The van der Waals surface area contributed by atoms with Gasteiger partial charge in [-0.1, -0.05) is 6.07 Å². The van der Waals surface area contributed by atoms with E-state index in [-0.39, 0.29) is 0 Å². The fourth-order valence-electron chi connectivity index (χ4n) is 2.78. The molecule has 0 aliphatic carbocycles. The zero-order valence-electron chi connectivity index (χ0n) is 12.4. The van der Waals surface area contributed by atoms with Gasteiger partial charge in [0.25, 0.3) is 0 Å². The first-order valence-corrected chi connectivity index (χ1v) is 7.35. The number of anilines is 1. The van der Waals surface area contributed by atoms with E-state index in [1.807, 2.05) is 7.05 Å². The highest BCUT2D eigenvalue weighted by Gasteiger charge is 2.19. The summed E-state index contributed by atoms with van der Waals surface area (Å²) in [5, 5.41) is 3.21. The van der Waals surface area contributed by atoms with Crippen LogP contribution in [0.1, 0.15) is 30.9 Å². The Morgan fingerprint density at radius 1 is 1.32 bits per heavy atom. The Morgan fingerprint density at radius 3 is 2.63 bits per heavy atom. The summed E-state index contributed by atoms with van der Waals surface area (Å²) in [7, 11) is 1.99. The summed E-state index contributed by atoms with van der Waals surface area (Å²) >= 11 is 0. The zero-order chi connectivity index (χ0) is 13.7. The van der Waals surface area contributed by atoms with Crippen LogP contribution in [0.15, 0.2) is 18.2 Å². The summed E-state index contributed by atoms with van der Waals surface area (Å²) in [5.41, 5.74) is 4.11. The quantitative estimate of drug-likeness (QED) is 0.883. The molecule has 0 radical (unpaired) electrons. The molecule has 1 fully saturated rings. The summed E-state index contributed by atoms with van der Waals surface area (Å²) in [4.78, 5) is 2.48. The number of nitrogens with one attached hydrogen (secondary N) is 1. The number of rotatable bonds is 5. The molecule has 3 heteroatoms. The fraction of sp³-hybridized carbons (Fsp3) is 0.625. The van der Waals surface area contributed by atoms with E-state index in [0.717, 1.165) is 39.1 Å². The number of hydrogen-bond acceptors (Lipinski definition) is 3. The minimum atomic E-state index is 0.464. The van der Waals surface area contributed by atoms with E-state index in [0.29, 0.717) is 6.10 Å². The molecule has 1 heterocycles. The molecule has 0 aromatic heterocycles. The Balaban J connectivity index is 1.97. The average Bonchev–Trinajstić information content (AvgIpc) is 2.43. The maximum Gasteiger partial charge on any atom is 0.0608 e. The third-order valence-electron chi connectivity index (χ3n) is 3.90. The van der Waals surface area contributed by atoms with Crippen molar-refractivity contribution in [1.29, 1.82) is 0 Å². The van der Waals surface area contributed by atoms with Crippen LogP contribution >= 0.6 is 0 Å². The molecular formula is C16H26N2O. The molecule has 1 N–H and O–H groups in total. The Bertz CT molecular complexity index is 398. The van der Waals surface area contributed by atoms with Crippen LogP contribution in [-0.4, -0.2) is 32.8 Å². The van der Waals surface area contributed by atoms with Crippen molar-refractivity contribution >= 4 is 5.69 Å². The van der Waals surface area contributed by atoms with Gasteiger partial charge in [-0.3, -0.25) is 0 Å². The van der Waals surface area contributed by atoms with Gasteiger partial charge in [0.1, 0.15) is 0 Å². The summed E-state index contributed by atoms with van der Waals surface area (Å²) in [6.07, 6.45) is 2.75. The van der Waals surface area contributed by atoms with E-state index in [2.05, 4.69) is 42.3 Å². The van der Waals surface area contributed by atoms with Crippen molar-refractivity contribution in [2.45, 2.75) is 39.3 Å². The van der Waals surface area contributed by atoms with Crippen molar-refractivity contribution in [3.63, 3.8) is 0 Å². The van der Waals surface area contributed by atoms with Crippen molar-refractivity contribution < 1.29 is 4.74 Å². The largest absolute Gasteiger partial charge is 0.378 e. The van der Waals surface area contributed by atoms with Crippen LogP contribution in [0.2, 0.25) is 0 Å². The number of ether oxygens (including phenoxy) is 1. The van der Waals surface area contributed by atoms with E-state index in [1.54, 1.807) is 0 Å². The van der Waals surface area contributed by atoms with Crippen LogP contribution in [0.5, 0.6) is 0 Å². The molecule has 1 aromatic carbocycles. The third-order valence-corrected chi connectivity index (χ3v) is 3.90. The second kappa shape index (κ2) is 6.92. The van der Waals surface area contributed by atoms with Gasteiger partial charge < -0.3 is 15.0 Å². The standard InChI is InChI=1S/C16H26N2O/c1-4-19-16-7-9-18(10-8-16)15-6-5-14(12-17-3)13(2)11-15/h5-6,11,16-17H,4,7-10,12H2,1-3H3. The molecule has 0 amide bonds. The first-order chi connectivity index (χ1) is 9.24. The Kier molecular flexibility index (Phi) is 5.23. The Labute approximate surface area is 116 Å². The highest BCUT2D eigenvalue weighted by Crippen LogP contribution is 2.23. The number of hydrogen-bond donors (Lipinski definition) is 1. The second-order valence-electron chi connectivity index (χ2n) is 5.28. The maximum atomic E-state index is 5.71. The number of benzene rings is 1. The summed E-state index contributed by atoms with van der Waals surface area (Å²) in [5.74, 6) is 0. The predicted octanol–water partition coefficient (Wildman–Crippen LogP) is 2.72. The zero-order valence-corrected chi connectivity index (χ0v) is 12.4. The predicted molar refractivity (Wildman–Crippen MR) is 80.8 cm³/mol. The molecule has 1 aliphatic heterocycles. The van der Waals surface area contributed by atoms with Crippen molar-refractivity contribution in [1.82, 2.24) is 5.32 Å². The van der Waals surface area contributed by atoms with Crippen LogP contribution in [0.25, 0.3) is 0 Å². The van der Waals surface area contributed by atoms with E-state index in [9.17, 15) is 0 Å². The van der Waals surface area contributed by atoms with Gasteiger partial charge in [0, 0.05) is 31.9 Å². The van der Waals surface area contributed by atoms with Crippen molar-refractivity contribution in [3.8, 4) is 0 Å². The second-order valence-corrected chi connectivity index (χ2v) is 5.28. The van der Waals surface area contributed by atoms with Gasteiger partial charge in [-0.25, -0.2) is 0 Å². The van der Waals surface area contributed by atoms with Gasteiger partial charge in [-0.15, -0.1) is 0 Å². The first-order valence-electron chi connectivity index (χ1n) is 7.35. The SMILES string of the molecule is CCOC1CCN(c2ccc(CNC)c(C)c2)CC1. The van der Waals surface area contributed by atoms with Crippen molar-refractivity contribution in [2.75, 3.05) is 31.6 Å². The molecule has 0 saturated carbocycles. The van der Waals surface area contributed by atoms with Gasteiger partial charge in [-0.05, 0) is 57.0 Å². The highest BCUT2D eigenvalue weighted by atomic mass is 16.5. The van der Waals surface area contributed by atoms with Gasteiger partial charge in [0.15, 0.2) is 0 Å². The molecule has 106 valence electrons. The van der Waals surface area contributed by atoms with Crippen LogP contribution in [0.4, 0.5) is 5.69 Å². The van der Waals surface area contributed by atoms with Gasteiger partial charge >= 0.3 is 0 Å². The molecule has 0 bridgehead atoms. The normalized spacial score (nSPS) is 16.9. The van der Waals surface area contributed by atoms with Crippen LogP contribution in [-0.2, 0) is 11.3 Å². The topological polar surface area (TPSA) is 24.5 Å². The minimum Gasteiger partial charge on any atom is -0.378 e. The fourth-order valence-corrected chi connectivity index (χ4v) is 2.78. The lowest BCUT2D eigenvalue weighted by molar-refractivity contribution is 0.0459. The first kappa shape index (κ1) is 14.4. The molecule has 2 rings (SSSR count). The molecule has 0 unspecified atom stereocenters. The lowest BCUT2D eigenvalue weighted by Gasteiger charge is -2.33. The molecule has 1 aromatic rings. The van der Waals surface area contributed by atoms with Crippen LogP contribution in [0, 0.1) is 6.92 Å². The van der Waals surface area contributed by atoms with Crippen LogP contribution < -0.4 is 10.2 Å². The lowest BCUT2D eigenvalue weighted by Crippen LogP contribution is -2.37. The van der Waals surface area contributed by atoms with Gasteiger partial charge in [-0.2, -0.15) is 0 Å². The molecule has 1 aliphatic rings. The van der Waals surface area contributed by atoms with Gasteiger partial charge in [0.05, 0.1) is 6.10 Å². The third kappa shape index (κ3) is 3.71. The monoisotopic (exact) mass is 262 g/mol. The molecule has 0 atom stereocenters. The summed E-state index contributed by atoms with van der Waals surface area (Å²) in [6.45, 7) is 8.27. The summed E-state index contributed by atoms with van der Waals surface area (Å²) in [6, 6.07) is 6.81. The average molecular weight is 262 g/mol. The van der Waals surface area contributed by atoms with E-state index in [1.165, 1.54) is 16.8 Å². The van der Waals surface area contributed by atoms with E-state index < -0.39 is 0 Å². The number of aryl methyl sites for hydroxylation is 1. The lowest BCUT2D eigenvalue weighted by atomic mass is 10.0. The number of nitrogens with zero attached hydrogens (tertiary/aromatic N) is 1. The van der Waals surface area contributed by atoms with Crippen molar-refractivity contribution in [2.24, 2.45) is 0 Å². The maximum absolute atomic E-state index is 5.71. The Morgan fingerprint density at radius 2 is 2.05 bits per heavy atom. The minimum absolute atomic E-state index is 0.464. The van der Waals surface area contributed by atoms with E-state index in [4.69, 9.17) is 4.74 Å². The molecule has 0 spiro atoms. The smallest absolute Gasteiger partial charge is 0.0608 e. The highest BCUT2D eigenvalue weighted by molar-refractivity contribution is 5.51.